The summed E-state index contributed by atoms with van der Waals surface area (Å²) in [6, 6.07) is 2.84. The fourth-order valence-corrected chi connectivity index (χ4v) is 2.52. The molecule has 1 aliphatic heterocycles. The average molecular weight is 234 g/mol. The minimum absolute atomic E-state index is 0.130. The lowest BCUT2D eigenvalue weighted by Gasteiger charge is -2.19. The zero-order chi connectivity index (χ0) is 10.3. The first-order valence-corrected chi connectivity index (χ1v) is 5.69. The average Bonchev–Trinajstić information content (AvgIpc) is 2.08. The SMILES string of the molecule is Nc1cc2c(cc1Cl)NCNS2(=O)=O. The molecule has 0 bridgehead atoms. The van der Waals surface area contributed by atoms with Crippen molar-refractivity contribution >= 4 is 33.0 Å². The van der Waals surface area contributed by atoms with E-state index in [-0.39, 0.29) is 17.3 Å². The summed E-state index contributed by atoms with van der Waals surface area (Å²) in [7, 11) is -3.43. The van der Waals surface area contributed by atoms with Gasteiger partial charge in [0.2, 0.25) is 10.0 Å². The Morgan fingerprint density at radius 1 is 1.43 bits per heavy atom. The van der Waals surface area contributed by atoms with E-state index in [2.05, 4.69) is 10.0 Å². The first kappa shape index (κ1) is 9.57. The van der Waals surface area contributed by atoms with E-state index in [9.17, 15) is 8.42 Å². The highest BCUT2D eigenvalue weighted by Gasteiger charge is 2.23. The number of hydrogen-bond donors (Lipinski definition) is 3. The molecular formula is C7H8ClN3O2S. The van der Waals surface area contributed by atoms with Gasteiger partial charge in [-0.15, -0.1) is 0 Å². The molecule has 0 unspecified atom stereocenters. The van der Waals surface area contributed by atoms with E-state index in [0.29, 0.717) is 10.7 Å². The number of sulfonamides is 1. The van der Waals surface area contributed by atoms with E-state index in [4.69, 9.17) is 17.3 Å². The van der Waals surface area contributed by atoms with E-state index in [0.717, 1.165) is 0 Å². The molecule has 1 aliphatic rings. The van der Waals surface area contributed by atoms with Gasteiger partial charge in [-0.05, 0) is 12.1 Å². The van der Waals surface area contributed by atoms with Gasteiger partial charge in [0.1, 0.15) is 4.90 Å². The summed E-state index contributed by atoms with van der Waals surface area (Å²) in [6.07, 6.45) is 0. The second-order valence-corrected chi connectivity index (χ2v) is 5.01. The van der Waals surface area contributed by atoms with Crippen LogP contribution in [0.1, 0.15) is 0 Å². The van der Waals surface area contributed by atoms with Crippen molar-refractivity contribution in [3.63, 3.8) is 0 Å². The third-order valence-corrected chi connectivity index (χ3v) is 3.70. The van der Waals surface area contributed by atoms with Crippen molar-refractivity contribution in [2.45, 2.75) is 4.90 Å². The molecule has 0 saturated carbocycles. The Bertz CT molecular complexity index is 486. The van der Waals surface area contributed by atoms with Gasteiger partial charge in [-0.3, -0.25) is 0 Å². The van der Waals surface area contributed by atoms with Crippen molar-refractivity contribution in [2.75, 3.05) is 17.7 Å². The number of anilines is 2. The molecule has 2 rings (SSSR count). The van der Waals surface area contributed by atoms with Crippen LogP contribution in [0.4, 0.5) is 11.4 Å². The van der Waals surface area contributed by atoms with Crippen LogP contribution in [-0.2, 0) is 10.0 Å². The predicted molar refractivity (Wildman–Crippen MR) is 54.7 cm³/mol. The number of benzene rings is 1. The summed E-state index contributed by atoms with van der Waals surface area (Å²) >= 11 is 5.76. The van der Waals surface area contributed by atoms with E-state index < -0.39 is 10.0 Å². The van der Waals surface area contributed by atoms with Gasteiger partial charge >= 0.3 is 0 Å². The van der Waals surface area contributed by atoms with Gasteiger partial charge in [-0.25, -0.2) is 8.42 Å². The van der Waals surface area contributed by atoms with Crippen LogP contribution < -0.4 is 15.8 Å². The molecule has 0 spiro atoms. The van der Waals surface area contributed by atoms with Crippen molar-refractivity contribution in [3.05, 3.63) is 17.2 Å². The van der Waals surface area contributed by atoms with Crippen molar-refractivity contribution in [3.8, 4) is 0 Å². The van der Waals surface area contributed by atoms with E-state index in [1.807, 2.05) is 0 Å². The topological polar surface area (TPSA) is 84.2 Å². The van der Waals surface area contributed by atoms with E-state index in [1.54, 1.807) is 0 Å². The predicted octanol–water partition coefficient (Wildman–Crippen LogP) is 0.583. The van der Waals surface area contributed by atoms with Crippen molar-refractivity contribution < 1.29 is 8.42 Å². The molecule has 76 valence electrons. The van der Waals surface area contributed by atoms with Crippen LogP contribution in [0.25, 0.3) is 0 Å². The van der Waals surface area contributed by atoms with Gasteiger partial charge < -0.3 is 11.1 Å². The second kappa shape index (κ2) is 3.01. The molecule has 0 fully saturated rings. The Balaban J connectivity index is 2.71. The first-order valence-electron chi connectivity index (χ1n) is 3.83. The van der Waals surface area contributed by atoms with Crippen LogP contribution in [0.3, 0.4) is 0 Å². The number of nitrogens with one attached hydrogen (secondary N) is 2. The fourth-order valence-electron chi connectivity index (χ4n) is 1.23. The minimum atomic E-state index is -3.43. The molecular weight excluding hydrogens is 226 g/mol. The summed E-state index contributed by atoms with van der Waals surface area (Å²) in [5.41, 5.74) is 6.24. The Labute approximate surface area is 86.3 Å². The maximum absolute atomic E-state index is 11.5. The Morgan fingerprint density at radius 2 is 2.14 bits per heavy atom. The van der Waals surface area contributed by atoms with Gasteiger partial charge in [0.05, 0.1) is 23.1 Å². The van der Waals surface area contributed by atoms with Gasteiger partial charge in [0.25, 0.3) is 0 Å². The highest BCUT2D eigenvalue weighted by atomic mass is 35.5. The normalized spacial score (nSPS) is 18.4. The molecule has 0 saturated heterocycles. The summed E-state index contributed by atoms with van der Waals surface area (Å²) in [5, 5.41) is 3.20. The fraction of sp³-hybridized carbons (Fsp3) is 0.143. The zero-order valence-corrected chi connectivity index (χ0v) is 8.61. The summed E-state index contributed by atoms with van der Waals surface area (Å²) < 4.78 is 25.3. The number of rotatable bonds is 0. The van der Waals surface area contributed by atoms with Crippen molar-refractivity contribution in [1.29, 1.82) is 0 Å². The Hall–Kier alpha value is -0.980. The van der Waals surface area contributed by atoms with Crippen molar-refractivity contribution in [2.24, 2.45) is 0 Å². The van der Waals surface area contributed by atoms with Crippen LogP contribution in [0.2, 0.25) is 5.02 Å². The monoisotopic (exact) mass is 233 g/mol. The summed E-state index contributed by atoms with van der Waals surface area (Å²) in [5.74, 6) is 0. The Kier molecular flexibility index (Phi) is 2.06. The molecule has 1 heterocycles. The smallest absolute Gasteiger partial charge is 0.244 e. The molecule has 0 amide bonds. The number of hydrogen-bond acceptors (Lipinski definition) is 4. The van der Waals surface area contributed by atoms with Crippen LogP contribution in [0, 0.1) is 0 Å². The zero-order valence-electron chi connectivity index (χ0n) is 7.04. The first-order chi connectivity index (χ1) is 6.50. The number of nitrogen functional groups attached to an aromatic ring is 1. The van der Waals surface area contributed by atoms with Gasteiger partial charge in [0.15, 0.2) is 0 Å². The molecule has 0 aromatic heterocycles. The molecule has 0 radical (unpaired) electrons. The maximum Gasteiger partial charge on any atom is 0.244 e. The van der Waals surface area contributed by atoms with Crippen LogP contribution in [0.15, 0.2) is 17.0 Å². The summed E-state index contributed by atoms with van der Waals surface area (Å²) in [6.45, 7) is 0.162. The number of nitrogens with two attached hydrogens (primary N) is 1. The molecule has 4 N–H and O–H groups in total. The van der Waals surface area contributed by atoms with Gasteiger partial charge in [0, 0.05) is 0 Å². The lowest BCUT2D eigenvalue weighted by Crippen LogP contribution is -2.34. The standard InChI is InChI=1S/C7H8ClN3O2S/c8-4-1-6-7(2-5(4)9)14(12,13)11-3-10-6/h1-2,10-11H,3,9H2. The van der Waals surface area contributed by atoms with E-state index >= 15 is 0 Å². The molecule has 5 nitrogen and oxygen atoms in total. The molecule has 0 aliphatic carbocycles. The molecule has 1 aromatic carbocycles. The minimum Gasteiger partial charge on any atom is -0.397 e. The third-order valence-electron chi connectivity index (χ3n) is 1.93. The van der Waals surface area contributed by atoms with Gasteiger partial charge in [-0.2, -0.15) is 4.72 Å². The molecule has 0 atom stereocenters. The lowest BCUT2D eigenvalue weighted by molar-refractivity contribution is 0.581. The molecule has 7 heteroatoms. The number of fused-ring (bicyclic) bond motifs is 1. The maximum atomic E-state index is 11.5. The van der Waals surface area contributed by atoms with Crippen LogP contribution in [-0.4, -0.2) is 15.1 Å². The Morgan fingerprint density at radius 3 is 2.86 bits per heavy atom. The second-order valence-electron chi connectivity index (χ2n) is 2.87. The third kappa shape index (κ3) is 1.41. The summed E-state index contributed by atoms with van der Waals surface area (Å²) in [4.78, 5) is 0.130. The largest absolute Gasteiger partial charge is 0.397 e. The molecule has 14 heavy (non-hydrogen) atoms. The van der Waals surface area contributed by atoms with Crippen LogP contribution >= 0.6 is 11.6 Å². The van der Waals surface area contributed by atoms with Gasteiger partial charge in [-0.1, -0.05) is 11.6 Å². The highest BCUT2D eigenvalue weighted by molar-refractivity contribution is 7.89. The quantitative estimate of drug-likeness (QED) is 0.573. The van der Waals surface area contributed by atoms with Crippen molar-refractivity contribution in [1.82, 2.24) is 4.72 Å². The number of halogens is 1. The lowest BCUT2D eigenvalue weighted by atomic mass is 10.3. The highest BCUT2D eigenvalue weighted by Crippen LogP contribution is 2.31. The van der Waals surface area contributed by atoms with Crippen LogP contribution in [0.5, 0.6) is 0 Å². The molecule has 1 aromatic rings. The van der Waals surface area contributed by atoms with E-state index in [1.165, 1.54) is 12.1 Å².